The number of rotatable bonds is 15. The van der Waals surface area contributed by atoms with E-state index in [1.165, 1.54) is 6.07 Å². The number of hydrogen-bond acceptors (Lipinski definition) is 10. The Balaban J connectivity index is 1.27. The van der Waals surface area contributed by atoms with Crippen molar-refractivity contribution in [3.05, 3.63) is 196 Å². The fourth-order valence-corrected chi connectivity index (χ4v) is 7.40. The molecule has 6 aromatic carbocycles. The normalized spacial score (nSPS) is 19.2. The number of fused-ring (bicyclic) bond motifs is 1. The van der Waals surface area contributed by atoms with E-state index in [-0.39, 0.29) is 54.5 Å². The highest BCUT2D eigenvalue weighted by Gasteiger charge is 2.50. The SMILES string of the molecule is Nc1ccc(CO[C@@H]2[C@@H](OCc3ccccc3)[C@H](OCc3ccccc3)[C@@H](COCc3ccccc3)O[C@H]2c2c(O)cc(O)c3c(=O)cc(-c4ccccc4)oc23)cc1. The quantitative estimate of drug-likeness (QED) is 0.0862. The maximum atomic E-state index is 13.8. The average Bonchev–Trinajstić information content (AvgIpc) is 3.26. The number of nitrogen functional groups attached to an aromatic ring is 1. The van der Waals surface area contributed by atoms with Gasteiger partial charge >= 0.3 is 0 Å². The predicted octanol–water partition coefficient (Wildman–Crippen LogP) is 8.87. The highest BCUT2D eigenvalue weighted by molar-refractivity contribution is 5.89. The van der Waals surface area contributed by atoms with E-state index in [0.29, 0.717) is 17.9 Å². The lowest BCUT2D eigenvalue weighted by atomic mass is 9.88. The van der Waals surface area contributed by atoms with Crippen molar-refractivity contribution in [2.75, 3.05) is 12.3 Å². The third-order valence-electron chi connectivity index (χ3n) is 10.4. The molecule has 1 fully saturated rings. The zero-order valence-corrected chi connectivity index (χ0v) is 32.3. The fourth-order valence-electron chi connectivity index (χ4n) is 7.40. The molecular weight excluding hydrogens is 747 g/mol. The summed E-state index contributed by atoms with van der Waals surface area (Å²) in [6.07, 6.45) is -4.52. The first-order valence-electron chi connectivity index (χ1n) is 19.5. The van der Waals surface area contributed by atoms with Gasteiger partial charge in [0.15, 0.2) is 11.0 Å². The Hall–Kier alpha value is -6.27. The molecule has 1 aliphatic rings. The molecule has 4 N–H and O–H groups in total. The molecule has 0 spiro atoms. The molecule has 0 radical (unpaired) electrons. The zero-order valence-electron chi connectivity index (χ0n) is 32.3. The Morgan fingerprint density at radius 1 is 0.559 bits per heavy atom. The zero-order chi connectivity index (χ0) is 40.6. The van der Waals surface area contributed by atoms with Gasteiger partial charge in [0.2, 0.25) is 0 Å². The van der Waals surface area contributed by atoms with E-state index in [9.17, 15) is 15.0 Å². The van der Waals surface area contributed by atoms with E-state index < -0.39 is 41.7 Å². The van der Waals surface area contributed by atoms with Crippen molar-refractivity contribution in [3.8, 4) is 22.8 Å². The first-order chi connectivity index (χ1) is 28.9. The lowest BCUT2D eigenvalue weighted by molar-refractivity contribution is -0.275. The van der Waals surface area contributed by atoms with E-state index in [0.717, 1.165) is 28.3 Å². The molecule has 5 atom stereocenters. The summed E-state index contributed by atoms with van der Waals surface area (Å²) in [6.45, 7) is 0.890. The molecule has 300 valence electrons. The van der Waals surface area contributed by atoms with E-state index >= 15 is 0 Å². The highest BCUT2D eigenvalue weighted by Crippen LogP contribution is 2.46. The molecule has 0 bridgehead atoms. The van der Waals surface area contributed by atoms with Gasteiger partial charge in [-0.2, -0.15) is 0 Å². The van der Waals surface area contributed by atoms with Crippen LogP contribution >= 0.6 is 0 Å². The third kappa shape index (κ3) is 9.39. The Morgan fingerprint density at radius 3 is 1.66 bits per heavy atom. The van der Waals surface area contributed by atoms with Crippen molar-refractivity contribution < 1.29 is 38.3 Å². The lowest BCUT2D eigenvalue weighted by Crippen LogP contribution is -2.58. The van der Waals surface area contributed by atoms with E-state index in [1.807, 2.05) is 133 Å². The molecule has 0 amide bonds. The van der Waals surface area contributed by atoms with Crippen LogP contribution in [0.4, 0.5) is 5.69 Å². The molecule has 0 unspecified atom stereocenters. The first-order valence-corrected chi connectivity index (χ1v) is 19.5. The van der Waals surface area contributed by atoms with Gasteiger partial charge in [0.25, 0.3) is 0 Å². The molecule has 10 nitrogen and oxygen atoms in total. The lowest BCUT2D eigenvalue weighted by Gasteiger charge is -2.46. The van der Waals surface area contributed by atoms with Crippen LogP contribution in [0.2, 0.25) is 0 Å². The number of benzene rings is 6. The minimum atomic E-state index is -1.14. The molecule has 7 aromatic rings. The van der Waals surface area contributed by atoms with Crippen LogP contribution in [0.3, 0.4) is 0 Å². The van der Waals surface area contributed by atoms with Crippen LogP contribution in [0, 0.1) is 0 Å². The molecule has 1 aliphatic heterocycles. The summed E-state index contributed by atoms with van der Waals surface area (Å²) in [7, 11) is 0. The Kier molecular flexibility index (Phi) is 12.4. The van der Waals surface area contributed by atoms with Crippen molar-refractivity contribution in [1.82, 2.24) is 0 Å². The van der Waals surface area contributed by atoms with E-state index in [1.54, 1.807) is 12.1 Å². The van der Waals surface area contributed by atoms with E-state index in [2.05, 4.69) is 0 Å². The summed E-state index contributed by atoms with van der Waals surface area (Å²) in [6, 6.07) is 48.3. The molecule has 8 rings (SSSR count). The molecule has 0 saturated carbocycles. The smallest absolute Gasteiger partial charge is 0.197 e. The Morgan fingerprint density at radius 2 is 1.07 bits per heavy atom. The van der Waals surface area contributed by atoms with Crippen molar-refractivity contribution in [1.29, 1.82) is 0 Å². The summed E-state index contributed by atoms with van der Waals surface area (Å²) in [4.78, 5) is 13.8. The number of ether oxygens (including phenoxy) is 5. The number of aromatic hydroxyl groups is 2. The minimum absolute atomic E-state index is 0.0469. The van der Waals surface area contributed by atoms with Crippen LogP contribution in [-0.2, 0) is 50.1 Å². The molecular formula is C49H45NO9. The van der Waals surface area contributed by atoms with Gasteiger partial charge in [-0.1, -0.05) is 133 Å². The second-order valence-electron chi connectivity index (χ2n) is 14.5. The minimum Gasteiger partial charge on any atom is -0.507 e. The first kappa shape index (κ1) is 39.6. The van der Waals surface area contributed by atoms with Gasteiger partial charge in [-0.3, -0.25) is 4.79 Å². The summed E-state index contributed by atoms with van der Waals surface area (Å²) in [5.74, 6) is -0.550. The van der Waals surface area contributed by atoms with Crippen molar-refractivity contribution in [3.63, 3.8) is 0 Å². The van der Waals surface area contributed by atoms with Gasteiger partial charge in [-0.25, -0.2) is 0 Å². The summed E-state index contributed by atoms with van der Waals surface area (Å²) in [5, 5.41) is 22.9. The van der Waals surface area contributed by atoms with Gasteiger partial charge in [0.1, 0.15) is 53.2 Å². The number of phenols is 2. The molecule has 2 heterocycles. The van der Waals surface area contributed by atoms with E-state index in [4.69, 9.17) is 33.8 Å². The largest absolute Gasteiger partial charge is 0.507 e. The monoisotopic (exact) mass is 791 g/mol. The van der Waals surface area contributed by atoms with Gasteiger partial charge in [0.05, 0.1) is 38.6 Å². The molecule has 1 saturated heterocycles. The maximum absolute atomic E-state index is 13.8. The standard InChI is InChI=1S/C49H45NO9/c50-37-23-21-35(22-24-37)30-57-49-47(44-39(52)25-38(51)43-40(53)26-41(58-46(43)44)36-19-11-4-12-20-36)59-42(31-54-27-32-13-5-1-6-14-32)45(55-28-33-15-7-2-8-16-33)48(49)56-29-34-17-9-3-10-18-34/h1-26,42,45,47-49,51-52H,27-31,50H2/t42-,45-,47+,48+,49+/m1/s1. The Labute approximate surface area is 342 Å². The van der Waals surface area contributed by atoms with Crippen LogP contribution in [0.15, 0.2) is 167 Å². The second kappa shape index (κ2) is 18.5. The summed E-state index contributed by atoms with van der Waals surface area (Å²) in [5.41, 5.74) is 10.5. The van der Waals surface area contributed by atoms with Gasteiger partial charge < -0.3 is 44.0 Å². The summed E-state index contributed by atoms with van der Waals surface area (Å²) >= 11 is 0. The average molecular weight is 792 g/mol. The van der Waals surface area contributed by atoms with Crippen molar-refractivity contribution in [2.45, 2.75) is 56.9 Å². The van der Waals surface area contributed by atoms with Crippen LogP contribution < -0.4 is 11.2 Å². The predicted molar refractivity (Wildman–Crippen MR) is 224 cm³/mol. The van der Waals surface area contributed by atoms with Gasteiger partial charge in [-0.15, -0.1) is 0 Å². The maximum Gasteiger partial charge on any atom is 0.197 e. The highest BCUT2D eigenvalue weighted by atomic mass is 16.6. The number of phenolic OH excluding ortho intramolecular Hbond substituents is 2. The molecule has 0 aliphatic carbocycles. The van der Waals surface area contributed by atoms with Crippen LogP contribution in [0.5, 0.6) is 11.5 Å². The molecule has 59 heavy (non-hydrogen) atoms. The summed E-state index contributed by atoms with van der Waals surface area (Å²) < 4.78 is 40.5. The number of nitrogens with two attached hydrogens (primary N) is 1. The fraction of sp³-hybridized carbons (Fsp3) is 0.204. The van der Waals surface area contributed by atoms with Gasteiger partial charge in [0, 0.05) is 23.4 Å². The molecule has 1 aromatic heterocycles. The third-order valence-corrected chi connectivity index (χ3v) is 10.4. The number of anilines is 1. The van der Waals surface area contributed by atoms with Crippen LogP contribution in [0.25, 0.3) is 22.3 Å². The van der Waals surface area contributed by atoms with Crippen LogP contribution in [0.1, 0.15) is 33.9 Å². The Bertz CT molecular complexity index is 2480. The van der Waals surface area contributed by atoms with Crippen molar-refractivity contribution >= 4 is 16.7 Å². The van der Waals surface area contributed by atoms with Gasteiger partial charge in [-0.05, 0) is 34.4 Å². The molecule has 10 heteroatoms. The second-order valence-corrected chi connectivity index (χ2v) is 14.5. The number of hydrogen-bond donors (Lipinski definition) is 3. The van der Waals surface area contributed by atoms with Crippen LogP contribution in [-0.4, -0.2) is 41.2 Å². The topological polar surface area (TPSA) is 143 Å². The van der Waals surface area contributed by atoms with Crippen molar-refractivity contribution in [2.24, 2.45) is 0 Å².